The van der Waals surface area contributed by atoms with Crippen LogP contribution in [0.15, 0.2) is 84.9 Å². The van der Waals surface area contributed by atoms with Crippen LogP contribution in [-0.2, 0) is 0 Å². The molecule has 4 aromatic carbocycles. The van der Waals surface area contributed by atoms with Crippen molar-refractivity contribution in [3.05, 3.63) is 118 Å². The van der Waals surface area contributed by atoms with Crippen LogP contribution < -0.4 is 20.4 Å². The summed E-state index contributed by atoms with van der Waals surface area (Å²) in [6.45, 7) is 0. The molecule has 0 radical (unpaired) electrons. The molecule has 4 aromatic rings. The topological polar surface area (TPSA) is 190 Å². The minimum Gasteiger partial charge on any atom is -0.478 e. The number of amides is 6. The first-order valence-electron chi connectivity index (χ1n) is 12.8. The molecule has 4 N–H and O–H groups in total. The maximum atomic E-state index is 12.9. The van der Waals surface area contributed by atoms with E-state index in [1.807, 2.05) is 0 Å². The second-order valence-electron chi connectivity index (χ2n) is 9.70. The van der Waals surface area contributed by atoms with Crippen LogP contribution in [0.25, 0.3) is 0 Å². The van der Waals surface area contributed by atoms with E-state index in [0.717, 1.165) is 21.9 Å². The smallest absolute Gasteiger partial charge is 0.335 e. The monoisotopic (exact) mass is 590 g/mol. The number of benzene rings is 4. The molecule has 2 heterocycles. The summed E-state index contributed by atoms with van der Waals surface area (Å²) >= 11 is 0. The molecule has 0 aliphatic carbocycles. The number of fused-ring (bicyclic) bond motifs is 2. The second-order valence-corrected chi connectivity index (χ2v) is 9.70. The average Bonchev–Trinajstić information content (AvgIpc) is 3.41. The normalized spacial score (nSPS) is 13.5. The van der Waals surface area contributed by atoms with Crippen molar-refractivity contribution < 1.29 is 43.8 Å². The van der Waals surface area contributed by atoms with E-state index >= 15 is 0 Å². The molecule has 216 valence electrons. The van der Waals surface area contributed by atoms with E-state index in [4.69, 9.17) is 0 Å². The van der Waals surface area contributed by atoms with E-state index in [2.05, 4.69) is 10.6 Å². The van der Waals surface area contributed by atoms with E-state index in [1.165, 1.54) is 72.8 Å². The molecule has 0 unspecified atom stereocenters. The fourth-order valence-corrected chi connectivity index (χ4v) is 4.90. The van der Waals surface area contributed by atoms with Crippen LogP contribution in [0.3, 0.4) is 0 Å². The number of imide groups is 2. The number of carbonyl (C=O) groups excluding carboxylic acids is 5. The van der Waals surface area contributed by atoms with Gasteiger partial charge in [-0.05, 0) is 84.9 Å². The van der Waals surface area contributed by atoms with Crippen LogP contribution in [0.1, 0.15) is 62.1 Å². The SMILES string of the molecule is O=C(Nc1ccc(N2C(=O)c3ccc(C(=O)O)cc3C2=O)cc1)Nc1ccc(N2C(=O)c3ccc(C(=O)O)cc3C2=O)cc1. The molecule has 13 nitrogen and oxygen atoms in total. The van der Waals surface area contributed by atoms with E-state index in [9.17, 15) is 43.8 Å². The number of carboxylic acid groups (broad SMARTS) is 2. The van der Waals surface area contributed by atoms with Gasteiger partial charge in [0, 0.05) is 11.4 Å². The molecule has 0 atom stereocenters. The van der Waals surface area contributed by atoms with Crippen molar-refractivity contribution in [2.45, 2.75) is 0 Å². The summed E-state index contributed by atoms with van der Waals surface area (Å²) in [6, 6.07) is 18.5. The number of urea groups is 1. The fourth-order valence-electron chi connectivity index (χ4n) is 4.90. The number of anilines is 4. The van der Waals surface area contributed by atoms with Gasteiger partial charge in [0.15, 0.2) is 0 Å². The van der Waals surface area contributed by atoms with Crippen LogP contribution in [-0.4, -0.2) is 51.8 Å². The predicted octanol–water partition coefficient (Wildman–Crippen LogP) is 4.33. The molecule has 0 aromatic heterocycles. The summed E-state index contributed by atoms with van der Waals surface area (Å²) in [5.74, 6) is -4.99. The van der Waals surface area contributed by atoms with Crippen molar-refractivity contribution in [2.24, 2.45) is 0 Å². The lowest BCUT2D eigenvalue weighted by Crippen LogP contribution is -2.29. The molecule has 0 fully saturated rings. The van der Waals surface area contributed by atoms with E-state index < -0.39 is 41.6 Å². The van der Waals surface area contributed by atoms with Crippen LogP contribution in [0.2, 0.25) is 0 Å². The zero-order chi connectivity index (χ0) is 31.3. The lowest BCUT2D eigenvalue weighted by Gasteiger charge is -2.15. The van der Waals surface area contributed by atoms with E-state index in [1.54, 1.807) is 0 Å². The Hall–Kier alpha value is -6.63. The highest BCUT2D eigenvalue weighted by Crippen LogP contribution is 2.31. The Morgan fingerprint density at radius 1 is 0.477 bits per heavy atom. The van der Waals surface area contributed by atoms with Gasteiger partial charge < -0.3 is 20.8 Å². The highest BCUT2D eigenvalue weighted by atomic mass is 16.4. The molecule has 13 heteroatoms. The maximum Gasteiger partial charge on any atom is 0.335 e. The quantitative estimate of drug-likeness (QED) is 0.237. The summed E-state index contributed by atoms with van der Waals surface area (Å²) in [7, 11) is 0. The van der Waals surface area contributed by atoms with Crippen LogP contribution in [0.5, 0.6) is 0 Å². The number of rotatable bonds is 6. The van der Waals surface area contributed by atoms with Crippen molar-refractivity contribution in [3.63, 3.8) is 0 Å². The third-order valence-electron chi connectivity index (χ3n) is 7.03. The zero-order valence-electron chi connectivity index (χ0n) is 22.2. The number of carbonyl (C=O) groups is 7. The van der Waals surface area contributed by atoms with Gasteiger partial charge in [-0.3, -0.25) is 19.2 Å². The van der Waals surface area contributed by atoms with Crippen molar-refractivity contribution >= 4 is 64.3 Å². The first-order chi connectivity index (χ1) is 21.0. The van der Waals surface area contributed by atoms with Crippen molar-refractivity contribution in [3.8, 4) is 0 Å². The van der Waals surface area contributed by atoms with Gasteiger partial charge in [-0.25, -0.2) is 24.2 Å². The largest absolute Gasteiger partial charge is 0.478 e. The Morgan fingerprint density at radius 3 is 1.16 bits per heavy atom. The Kier molecular flexibility index (Phi) is 6.46. The Morgan fingerprint density at radius 2 is 0.818 bits per heavy atom. The minimum atomic E-state index is -1.23. The lowest BCUT2D eigenvalue weighted by molar-refractivity contribution is 0.0686. The molecule has 0 bridgehead atoms. The number of hydrogen-bond donors (Lipinski definition) is 4. The van der Waals surface area contributed by atoms with E-state index in [0.29, 0.717) is 11.4 Å². The van der Waals surface area contributed by atoms with Gasteiger partial charge in [-0.2, -0.15) is 0 Å². The molecule has 44 heavy (non-hydrogen) atoms. The molecule has 0 spiro atoms. The number of hydrogen-bond acceptors (Lipinski definition) is 7. The molecule has 6 rings (SSSR count). The number of nitrogens with one attached hydrogen (secondary N) is 2. The van der Waals surface area contributed by atoms with Gasteiger partial charge in [0.25, 0.3) is 23.6 Å². The minimum absolute atomic E-state index is 0.0159. The summed E-state index contributed by atoms with van der Waals surface area (Å²) in [5.41, 5.74) is 1.02. The molecule has 2 aliphatic rings. The third-order valence-corrected chi connectivity index (χ3v) is 7.03. The van der Waals surface area contributed by atoms with Crippen molar-refractivity contribution in [1.82, 2.24) is 0 Å². The van der Waals surface area contributed by atoms with E-state index in [-0.39, 0.29) is 44.8 Å². The molecular formula is C31H18N4O9. The number of carboxylic acids is 2. The Bertz CT molecular complexity index is 1830. The number of aromatic carboxylic acids is 2. The molecule has 2 aliphatic heterocycles. The highest BCUT2D eigenvalue weighted by Gasteiger charge is 2.38. The standard InChI is InChI=1S/C31H18N4O9/c36-25-21-11-1-15(29(40)41)13-23(21)27(38)34(25)19-7-3-17(4-8-19)32-31(44)33-18-5-9-20(10-6-18)35-26(37)22-12-2-16(30(42)43)14-24(22)28(35)39/h1-14H,(H,40,41)(H,42,43)(H2,32,33,44). The summed E-state index contributed by atoms with van der Waals surface area (Å²) < 4.78 is 0. The van der Waals surface area contributed by atoms with Crippen molar-refractivity contribution in [1.29, 1.82) is 0 Å². The van der Waals surface area contributed by atoms with Crippen LogP contribution in [0.4, 0.5) is 27.5 Å². The molecule has 0 saturated carbocycles. The van der Waals surface area contributed by atoms with Crippen LogP contribution >= 0.6 is 0 Å². The molecule has 6 amide bonds. The summed E-state index contributed by atoms with van der Waals surface area (Å²) in [6.07, 6.45) is 0. The zero-order valence-corrected chi connectivity index (χ0v) is 22.2. The molecule has 0 saturated heterocycles. The van der Waals surface area contributed by atoms with Crippen molar-refractivity contribution in [2.75, 3.05) is 20.4 Å². The Balaban J connectivity index is 1.10. The molecular weight excluding hydrogens is 572 g/mol. The number of nitrogens with zero attached hydrogens (tertiary/aromatic N) is 2. The maximum absolute atomic E-state index is 12.9. The first-order valence-corrected chi connectivity index (χ1v) is 12.8. The fraction of sp³-hybridized carbons (Fsp3) is 0. The van der Waals surface area contributed by atoms with Gasteiger partial charge in [-0.1, -0.05) is 0 Å². The predicted molar refractivity (Wildman–Crippen MR) is 155 cm³/mol. The highest BCUT2D eigenvalue weighted by molar-refractivity contribution is 6.35. The summed E-state index contributed by atoms with van der Waals surface area (Å²) in [5, 5.41) is 23.6. The Labute approximate surface area is 246 Å². The third kappa shape index (κ3) is 4.59. The van der Waals surface area contributed by atoms with Gasteiger partial charge in [-0.15, -0.1) is 0 Å². The van der Waals surface area contributed by atoms with Crippen LogP contribution in [0, 0.1) is 0 Å². The lowest BCUT2D eigenvalue weighted by atomic mass is 10.1. The van der Waals surface area contributed by atoms with Gasteiger partial charge in [0.1, 0.15) is 0 Å². The van der Waals surface area contributed by atoms with Gasteiger partial charge in [0.05, 0.1) is 44.8 Å². The summed E-state index contributed by atoms with van der Waals surface area (Å²) in [4.78, 5) is 88.3. The van der Waals surface area contributed by atoms with Gasteiger partial charge in [0.2, 0.25) is 0 Å². The first kappa shape index (κ1) is 27.5. The second kappa shape index (κ2) is 10.3. The van der Waals surface area contributed by atoms with Gasteiger partial charge >= 0.3 is 18.0 Å². The average molecular weight is 591 g/mol.